The lowest BCUT2D eigenvalue weighted by Crippen LogP contribution is -2.03. The van der Waals surface area contributed by atoms with Gasteiger partial charge < -0.3 is 9.47 Å². The van der Waals surface area contributed by atoms with E-state index in [4.69, 9.17) is 9.47 Å². The Morgan fingerprint density at radius 1 is 1.35 bits per heavy atom. The summed E-state index contributed by atoms with van der Waals surface area (Å²) in [5.74, 6) is 0.922. The summed E-state index contributed by atoms with van der Waals surface area (Å²) in [4.78, 5) is 0. The Labute approximate surface area is 103 Å². The van der Waals surface area contributed by atoms with Crippen LogP contribution < -0.4 is 4.74 Å². The Morgan fingerprint density at radius 2 is 2.12 bits per heavy atom. The molecule has 17 heavy (non-hydrogen) atoms. The van der Waals surface area contributed by atoms with E-state index in [0.717, 1.165) is 18.8 Å². The van der Waals surface area contributed by atoms with E-state index in [0.29, 0.717) is 12.7 Å². The lowest BCUT2D eigenvalue weighted by atomic mass is 10.1. The van der Waals surface area contributed by atoms with Crippen molar-refractivity contribution in [3.63, 3.8) is 0 Å². The third-order valence-electron chi connectivity index (χ3n) is 2.75. The number of allylic oxidation sites excluding steroid dienone is 1. The maximum Gasteiger partial charge on any atom is 0.119 e. The number of hydrogen-bond donors (Lipinski definition) is 0. The van der Waals surface area contributed by atoms with Gasteiger partial charge in [-0.1, -0.05) is 44.1 Å². The molecular weight excluding hydrogens is 212 g/mol. The first-order valence-electron chi connectivity index (χ1n) is 6.39. The molecule has 1 atom stereocenters. The van der Waals surface area contributed by atoms with Crippen molar-refractivity contribution in [1.82, 2.24) is 0 Å². The lowest BCUT2D eigenvalue weighted by molar-refractivity contribution is 0.263. The van der Waals surface area contributed by atoms with E-state index in [1.54, 1.807) is 0 Å². The van der Waals surface area contributed by atoms with E-state index in [1.165, 1.54) is 18.4 Å². The van der Waals surface area contributed by atoms with Crippen LogP contribution in [-0.2, 0) is 4.74 Å². The predicted molar refractivity (Wildman–Crippen MR) is 70.2 cm³/mol. The number of ether oxygens (including phenoxy) is 2. The average molecular weight is 232 g/mol. The van der Waals surface area contributed by atoms with Gasteiger partial charge in [-0.3, -0.25) is 0 Å². The maximum absolute atomic E-state index is 5.58. The molecule has 0 aliphatic carbocycles. The van der Waals surface area contributed by atoms with Crippen LogP contribution in [0.3, 0.4) is 0 Å². The monoisotopic (exact) mass is 232 g/mol. The van der Waals surface area contributed by atoms with Crippen molar-refractivity contribution in [2.24, 2.45) is 0 Å². The molecule has 0 radical (unpaired) electrons. The van der Waals surface area contributed by atoms with Crippen molar-refractivity contribution >= 4 is 6.08 Å². The molecule has 1 saturated heterocycles. The second kappa shape index (κ2) is 6.45. The van der Waals surface area contributed by atoms with Gasteiger partial charge in [0.05, 0.1) is 6.61 Å². The molecule has 0 spiro atoms. The molecule has 2 heteroatoms. The SMILES string of the molecule is CCCC/C=C/c1ccc(OCC2CO2)cc1. The molecule has 0 aromatic heterocycles. The zero-order valence-corrected chi connectivity index (χ0v) is 10.4. The molecule has 1 heterocycles. The summed E-state index contributed by atoms with van der Waals surface area (Å²) in [6.45, 7) is 3.73. The number of unbranched alkanes of at least 4 members (excludes halogenated alkanes) is 2. The Morgan fingerprint density at radius 3 is 2.76 bits per heavy atom. The molecule has 2 nitrogen and oxygen atoms in total. The van der Waals surface area contributed by atoms with Crippen LogP contribution in [0.15, 0.2) is 30.3 Å². The fourth-order valence-electron chi connectivity index (χ4n) is 1.57. The van der Waals surface area contributed by atoms with Gasteiger partial charge in [-0.05, 0) is 24.1 Å². The van der Waals surface area contributed by atoms with Crippen LogP contribution in [0.2, 0.25) is 0 Å². The first-order valence-corrected chi connectivity index (χ1v) is 6.39. The summed E-state index contributed by atoms with van der Waals surface area (Å²) in [6, 6.07) is 8.21. The number of benzene rings is 1. The zero-order chi connectivity index (χ0) is 11.9. The number of rotatable bonds is 7. The molecule has 1 aliphatic heterocycles. The minimum Gasteiger partial charge on any atom is -0.491 e. The minimum atomic E-state index is 0.323. The third-order valence-corrected chi connectivity index (χ3v) is 2.75. The molecule has 0 N–H and O–H groups in total. The summed E-state index contributed by atoms with van der Waals surface area (Å²) < 4.78 is 10.7. The highest BCUT2D eigenvalue weighted by Crippen LogP contribution is 2.16. The predicted octanol–water partition coefficient (Wildman–Crippen LogP) is 3.67. The molecule has 1 fully saturated rings. The first-order chi connectivity index (χ1) is 8.38. The van der Waals surface area contributed by atoms with E-state index in [9.17, 15) is 0 Å². The summed E-state index contributed by atoms with van der Waals surface area (Å²) >= 11 is 0. The van der Waals surface area contributed by atoms with E-state index in [1.807, 2.05) is 12.1 Å². The fraction of sp³-hybridized carbons (Fsp3) is 0.467. The van der Waals surface area contributed by atoms with E-state index in [2.05, 4.69) is 31.2 Å². The summed E-state index contributed by atoms with van der Waals surface area (Å²) in [5, 5.41) is 0. The van der Waals surface area contributed by atoms with Crippen LogP contribution >= 0.6 is 0 Å². The Balaban J connectivity index is 1.77. The molecule has 1 aliphatic rings. The summed E-state index contributed by atoms with van der Waals surface area (Å²) in [6.07, 6.45) is 8.40. The van der Waals surface area contributed by atoms with Crippen molar-refractivity contribution in [3.05, 3.63) is 35.9 Å². The quantitative estimate of drug-likeness (QED) is 0.528. The summed E-state index contributed by atoms with van der Waals surface area (Å²) in [5.41, 5.74) is 1.23. The highest BCUT2D eigenvalue weighted by atomic mass is 16.6. The number of epoxide rings is 1. The molecule has 1 aromatic carbocycles. The van der Waals surface area contributed by atoms with Gasteiger partial charge >= 0.3 is 0 Å². The Hall–Kier alpha value is -1.28. The molecule has 1 aromatic rings. The van der Waals surface area contributed by atoms with Gasteiger partial charge in [0.2, 0.25) is 0 Å². The van der Waals surface area contributed by atoms with Crippen LogP contribution in [0.5, 0.6) is 5.75 Å². The molecule has 0 amide bonds. The van der Waals surface area contributed by atoms with Crippen LogP contribution in [0, 0.1) is 0 Å². The minimum absolute atomic E-state index is 0.323. The van der Waals surface area contributed by atoms with E-state index >= 15 is 0 Å². The van der Waals surface area contributed by atoms with Gasteiger partial charge in [-0.2, -0.15) is 0 Å². The van der Waals surface area contributed by atoms with Crippen LogP contribution in [0.1, 0.15) is 31.7 Å². The lowest BCUT2D eigenvalue weighted by Gasteiger charge is -2.03. The van der Waals surface area contributed by atoms with Crippen molar-refractivity contribution in [2.45, 2.75) is 32.3 Å². The van der Waals surface area contributed by atoms with Gasteiger partial charge in [0.1, 0.15) is 18.5 Å². The third kappa shape index (κ3) is 4.61. The van der Waals surface area contributed by atoms with Gasteiger partial charge in [0.15, 0.2) is 0 Å². The second-order valence-electron chi connectivity index (χ2n) is 4.38. The Bertz CT molecular complexity index is 350. The molecular formula is C15H20O2. The smallest absolute Gasteiger partial charge is 0.119 e. The van der Waals surface area contributed by atoms with Crippen molar-refractivity contribution < 1.29 is 9.47 Å². The van der Waals surface area contributed by atoms with Crippen molar-refractivity contribution in [3.8, 4) is 5.75 Å². The standard InChI is InChI=1S/C15H20O2/c1-2-3-4-5-6-13-7-9-14(10-8-13)16-11-15-12-17-15/h5-10,15H,2-4,11-12H2,1H3/b6-5+. The maximum atomic E-state index is 5.58. The molecule has 92 valence electrons. The zero-order valence-electron chi connectivity index (χ0n) is 10.4. The van der Waals surface area contributed by atoms with Gasteiger partial charge in [0.25, 0.3) is 0 Å². The summed E-state index contributed by atoms with van der Waals surface area (Å²) in [7, 11) is 0. The van der Waals surface area contributed by atoms with Crippen LogP contribution in [0.4, 0.5) is 0 Å². The normalized spacial score (nSPS) is 18.5. The second-order valence-corrected chi connectivity index (χ2v) is 4.38. The molecule has 0 saturated carbocycles. The average Bonchev–Trinajstić information content (AvgIpc) is 3.18. The van der Waals surface area contributed by atoms with Gasteiger partial charge in [-0.25, -0.2) is 0 Å². The first kappa shape index (κ1) is 12.2. The van der Waals surface area contributed by atoms with Crippen molar-refractivity contribution in [2.75, 3.05) is 13.2 Å². The Kier molecular flexibility index (Phi) is 4.63. The highest BCUT2D eigenvalue weighted by Gasteiger charge is 2.22. The topological polar surface area (TPSA) is 21.8 Å². The van der Waals surface area contributed by atoms with E-state index < -0.39 is 0 Å². The van der Waals surface area contributed by atoms with Gasteiger partial charge in [-0.15, -0.1) is 0 Å². The molecule has 0 bridgehead atoms. The van der Waals surface area contributed by atoms with E-state index in [-0.39, 0.29) is 0 Å². The molecule has 1 unspecified atom stereocenters. The fourth-order valence-corrected chi connectivity index (χ4v) is 1.57. The number of hydrogen-bond acceptors (Lipinski definition) is 2. The van der Waals surface area contributed by atoms with Crippen LogP contribution in [-0.4, -0.2) is 19.3 Å². The molecule has 2 rings (SSSR count). The van der Waals surface area contributed by atoms with Crippen LogP contribution in [0.25, 0.3) is 6.08 Å². The van der Waals surface area contributed by atoms with Crippen molar-refractivity contribution in [1.29, 1.82) is 0 Å². The van der Waals surface area contributed by atoms with Gasteiger partial charge in [0, 0.05) is 0 Å². The largest absolute Gasteiger partial charge is 0.491 e. The highest BCUT2D eigenvalue weighted by molar-refractivity contribution is 5.50.